The zero-order chi connectivity index (χ0) is 22.9. The van der Waals surface area contributed by atoms with E-state index in [1.54, 1.807) is 13.2 Å². The Morgan fingerprint density at radius 3 is 2.55 bits per heavy atom. The minimum Gasteiger partial charge on any atom is -0.496 e. The smallest absolute Gasteiger partial charge is 0.325 e. The maximum absolute atomic E-state index is 12.7. The van der Waals surface area contributed by atoms with Crippen LogP contribution in [-0.4, -0.2) is 54.9 Å². The van der Waals surface area contributed by atoms with E-state index in [4.69, 9.17) is 4.74 Å². The molecule has 3 rings (SSSR count). The van der Waals surface area contributed by atoms with Gasteiger partial charge in [0.1, 0.15) is 12.3 Å². The van der Waals surface area contributed by atoms with E-state index in [2.05, 4.69) is 43.4 Å². The fourth-order valence-corrected chi connectivity index (χ4v) is 4.84. The molecule has 2 amide bonds. The lowest BCUT2D eigenvalue weighted by molar-refractivity contribution is -0.143. The second-order valence-corrected chi connectivity index (χ2v) is 9.08. The number of imide groups is 1. The van der Waals surface area contributed by atoms with E-state index < -0.39 is 23.7 Å². The van der Waals surface area contributed by atoms with Crippen LogP contribution in [0.5, 0.6) is 5.75 Å². The monoisotopic (exact) mass is 444 g/mol. The summed E-state index contributed by atoms with van der Waals surface area (Å²) in [6.45, 7) is 9.10. The van der Waals surface area contributed by atoms with Gasteiger partial charge in [0.2, 0.25) is 0 Å². The van der Waals surface area contributed by atoms with Gasteiger partial charge in [-0.1, -0.05) is 13.0 Å². The van der Waals surface area contributed by atoms with Crippen molar-refractivity contribution < 1.29 is 23.9 Å². The summed E-state index contributed by atoms with van der Waals surface area (Å²) in [5.41, 5.74) is 3.86. The first-order chi connectivity index (χ1) is 14.6. The predicted octanol–water partition coefficient (Wildman–Crippen LogP) is 4.32. The number of carbonyl (C=O) groups excluding carboxylic acids is 3. The maximum Gasteiger partial charge on any atom is 0.325 e. The van der Waals surface area contributed by atoms with Gasteiger partial charge in [-0.15, -0.1) is 0 Å². The number of thioether (sulfide) groups is 1. The van der Waals surface area contributed by atoms with E-state index in [0.29, 0.717) is 11.3 Å². The molecule has 1 aromatic rings. The van der Waals surface area contributed by atoms with Crippen molar-refractivity contribution in [2.45, 2.75) is 39.7 Å². The summed E-state index contributed by atoms with van der Waals surface area (Å²) in [6.07, 6.45) is 4.90. The van der Waals surface area contributed by atoms with Crippen LogP contribution in [0.15, 0.2) is 23.1 Å². The quantitative estimate of drug-likeness (QED) is 0.478. The number of carbonyl (C=O) groups is 3. The second kappa shape index (κ2) is 8.78. The second-order valence-electron chi connectivity index (χ2n) is 8.09. The van der Waals surface area contributed by atoms with Crippen molar-refractivity contribution >= 4 is 46.2 Å². The van der Waals surface area contributed by atoms with Crippen LogP contribution in [0.25, 0.3) is 11.6 Å². The van der Waals surface area contributed by atoms with Crippen LogP contribution in [0.1, 0.15) is 45.2 Å². The molecule has 1 aromatic carbocycles. The highest BCUT2D eigenvalue weighted by Crippen LogP contribution is 2.43. The van der Waals surface area contributed by atoms with Gasteiger partial charge in [-0.25, -0.2) is 0 Å². The van der Waals surface area contributed by atoms with Crippen molar-refractivity contribution in [3.05, 3.63) is 34.2 Å². The molecule has 0 aromatic heterocycles. The highest BCUT2D eigenvalue weighted by atomic mass is 32.2. The first-order valence-electron chi connectivity index (χ1n) is 10.1. The molecule has 2 heterocycles. The SMILES string of the molecule is CCCN1c2cc(OC)c(/C=C3\SC(=O)N(CC(=O)OC)C3=O)cc2C(C)=CC1(C)C. The van der Waals surface area contributed by atoms with E-state index in [0.717, 1.165) is 46.5 Å². The third-order valence-corrected chi connectivity index (χ3v) is 6.36. The predicted molar refractivity (Wildman–Crippen MR) is 123 cm³/mol. The number of esters is 1. The molecule has 0 aliphatic carbocycles. The highest BCUT2D eigenvalue weighted by molar-refractivity contribution is 8.18. The first kappa shape index (κ1) is 22.9. The molecule has 0 saturated carbocycles. The molecule has 7 nitrogen and oxygen atoms in total. The van der Waals surface area contributed by atoms with Crippen LogP contribution in [0.2, 0.25) is 0 Å². The van der Waals surface area contributed by atoms with Crippen LogP contribution in [0.3, 0.4) is 0 Å². The van der Waals surface area contributed by atoms with Crippen molar-refractivity contribution in [2.75, 3.05) is 32.2 Å². The molecule has 8 heteroatoms. The maximum atomic E-state index is 12.7. The van der Waals surface area contributed by atoms with Crippen LogP contribution >= 0.6 is 11.8 Å². The van der Waals surface area contributed by atoms with Gasteiger partial charge in [0.15, 0.2) is 0 Å². The van der Waals surface area contributed by atoms with E-state index in [1.807, 2.05) is 12.1 Å². The number of methoxy groups -OCH3 is 2. The molecule has 0 radical (unpaired) electrons. The first-order valence-corrected chi connectivity index (χ1v) is 11.0. The molecular weight excluding hydrogens is 416 g/mol. The fraction of sp³-hybridized carbons (Fsp3) is 0.435. The molecule has 0 unspecified atom stereocenters. The van der Waals surface area contributed by atoms with Gasteiger partial charge in [-0.05, 0) is 56.7 Å². The molecular formula is C23H28N2O5S. The van der Waals surface area contributed by atoms with Crippen LogP contribution in [0.4, 0.5) is 10.5 Å². The summed E-state index contributed by atoms with van der Waals surface area (Å²) in [5, 5.41) is -0.495. The number of nitrogens with zero attached hydrogens (tertiary/aromatic N) is 2. The van der Waals surface area contributed by atoms with E-state index in [9.17, 15) is 14.4 Å². The van der Waals surface area contributed by atoms with Crippen LogP contribution in [-0.2, 0) is 14.3 Å². The highest BCUT2D eigenvalue weighted by Gasteiger charge is 2.37. The average Bonchev–Trinajstić information content (AvgIpc) is 2.97. The van der Waals surface area contributed by atoms with Crippen molar-refractivity contribution in [3.63, 3.8) is 0 Å². The van der Waals surface area contributed by atoms with Gasteiger partial charge < -0.3 is 14.4 Å². The van der Waals surface area contributed by atoms with E-state index in [1.165, 1.54) is 7.11 Å². The zero-order valence-corrected chi connectivity index (χ0v) is 19.6. The number of ether oxygens (including phenoxy) is 2. The molecule has 0 atom stereocenters. The Labute approximate surface area is 187 Å². The lowest BCUT2D eigenvalue weighted by atomic mass is 9.87. The van der Waals surface area contributed by atoms with Gasteiger partial charge in [0.25, 0.3) is 11.1 Å². The summed E-state index contributed by atoms with van der Waals surface area (Å²) in [4.78, 5) is 40.0. The zero-order valence-electron chi connectivity index (χ0n) is 18.8. The normalized spacial score (nSPS) is 18.9. The molecule has 0 bridgehead atoms. The molecule has 0 spiro atoms. The molecule has 1 saturated heterocycles. The van der Waals surface area contributed by atoms with Crippen molar-refractivity contribution in [1.82, 2.24) is 4.90 Å². The van der Waals surface area contributed by atoms with E-state index >= 15 is 0 Å². The molecule has 0 N–H and O–H groups in total. The minimum absolute atomic E-state index is 0.129. The summed E-state index contributed by atoms with van der Waals surface area (Å²) in [7, 11) is 2.80. The summed E-state index contributed by atoms with van der Waals surface area (Å²) in [6, 6.07) is 3.99. The Kier molecular flexibility index (Phi) is 6.50. The number of amides is 2. The van der Waals surface area contributed by atoms with Gasteiger partial charge in [0, 0.05) is 29.4 Å². The third-order valence-electron chi connectivity index (χ3n) is 5.45. The Hall–Kier alpha value is -2.74. The van der Waals surface area contributed by atoms with Crippen LogP contribution in [0, 0.1) is 0 Å². The molecule has 166 valence electrons. The van der Waals surface area contributed by atoms with Gasteiger partial charge in [-0.2, -0.15) is 0 Å². The van der Waals surface area contributed by atoms with Gasteiger partial charge in [-0.3, -0.25) is 19.3 Å². The number of hydrogen-bond acceptors (Lipinski definition) is 7. The molecule has 31 heavy (non-hydrogen) atoms. The Morgan fingerprint density at radius 1 is 1.23 bits per heavy atom. The summed E-state index contributed by atoms with van der Waals surface area (Å²) < 4.78 is 10.2. The summed E-state index contributed by atoms with van der Waals surface area (Å²) >= 11 is 0.805. The molecule has 2 aliphatic rings. The number of rotatable bonds is 6. The third kappa shape index (κ3) is 4.35. The lowest BCUT2D eigenvalue weighted by Crippen LogP contribution is -2.45. The van der Waals surface area contributed by atoms with Crippen LogP contribution < -0.4 is 9.64 Å². The number of benzene rings is 1. The molecule has 1 fully saturated rings. The Bertz CT molecular complexity index is 996. The number of fused-ring (bicyclic) bond motifs is 1. The fourth-order valence-electron chi connectivity index (χ4n) is 4.01. The number of hydrogen-bond donors (Lipinski definition) is 0. The summed E-state index contributed by atoms with van der Waals surface area (Å²) in [5.74, 6) is -0.541. The van der Waals surface area contributed by atoms with Gasteiger partial charge >= 0.3 is 5.97 Å². The molecule has 2 aliphatic heterocycles. The van der Waals surface area contributed by atoms with Crippen molar-refractivity contribution in [3.8, 4) is 5.75 Å². The lowest BCUT2D eigenvalue weighted by Gasteiger charge is -2.43. The Balaban J connectivity index is 2.04. The minimum atomic E-state index is -0.644. The van der Waals surface area contributed by atoms with E-state index in [-0.39, 0.29) is 10.4 Å². The largest absolute Gasteiger partial charge is 0.496 e. The number of allylic oxidation sites excluding steroid dienone is 1. The average molecular weight is 445 g/mol. The van der Waals surface area contributed by atoms with Gasteiger partial charge in [0.05, 0.1) is 24.7 Å². The Morgan fingerprint density at radius 2 is 1.94 bits per heavy atom. The number of anilines is 1. The topological polar surface area (TPSA) is 76.2 Å². The van der Waals surface area contributed by atoms with Crippen molar-refractivity contribution in [2.24, 2.45) is 0 Å². The standard InChI is InChI=1S/C23H28N2O5S/c1-7-8-25-17-11-18(29-5)15(9-16(17)14(2)12-23(25,3)4)10-19-21(27)24(22(28)31-19)13-20(26)30-6/h9-12H,7-8,13H2,1-6H3/b19-10-. The van der Waals surface area contributed by atoms with Crippen molar-refractivity contribution in [1.29, 1.82) is 0 Å².